The van der Waals surface area contributed by atoms with E-state index in [0.29, 0.717) is 6.54 Å². The molecule has 0 spiro atoms. The van der Waals surface area contributed by atoms with Gasteiger partial charge >= 0.3 is 0 Å². The van der Waals surface area contributed by atoms with Gasteiger partial charge in [0.1, 0.15) is 0 Å². The van der Waals surface area contributed by atoms with E-state index in [9.17, 15) is 0 Å². The zero-order valence-corrected chi connectivity index (χ0v) is 12.6. The summed E-state index contributed by atoms with van der Waals surface area (Å²) in [5, 5.41) is 0. The molecule has 0 saturated heterocycles. The lowest BCUT2D eigenvalue weighted by Crippen LogP contribution is -2.22. The molecule has 1 heterocycles. The van der Waals surface area contributed by atoms with Crippen LogP contribution in [-0.4, -0.2) is 11.5 Å². The predicted molar refractivity (Wildman–Crippen MR) is 83.0 cm³/mol. The van der Waals surface area contributed by atoms with Gasteiger partial charge in [0.05, 0.1) is 5.69 Å². The Morgan fingerprint density at radius 3 is 2.47 bits per heavy atom. The second-order valence-corrected chi connectivity index (χ2v) is 5.21. The number of aromatic nitrogens is 1. The van der Waals surface area contributed by atoms with Crippen LogP contribution in [0, 0.1) is 0 Å². The van der Waals surface area contributed by atoms with Gasteiger partial charge in [-0.25, -0.2) is 0 Å². The van der Waals surface area contributed by atoms with Gasteiger partial charge in [-0.2, -0.15) is 0 Å². The van der Waals surface area contributed by atoms with Crippen LogP contribution in [0.3, 0.4) is 0 Å². The Morgan fingerprint density at radius 2 is 1.89 bits per heavy atom. The topological polar surface area (TPSA) is 42.2 Å². The molecule has 3 nitrogen and oxygen atoms in total. The summed E-state index contributed by atoms with van der Waals surface area (Å²) >= 11 is 3.63. The Bertz CT molecular complexity index is 528. The minimum Gasteiger partial charge on any atom is -0.367 e. The van der Waals surface area contributed by atoms with E-state index >= 15 is 0 Å². The highest BCUT2D eigenvalue weighted by atomic mass is 79.9. The summed E-state index contributed by atoms with van der Waals surface area (Å²) in [7, 11) is 0. The summed E-state index contributed by atoms with van der Waals surface area (Å²) in [6.07, 6.45) is 3.66. The Hall–Kier alpha value is -1.39. The van der Waals surface area contributed by atoms with Crippen molar-refractivity contribution in [2.75, 3.05) is 11.4 Å². The van der Waals surface area contributed by atoms with E-state index < -0.39 is 0 Å². The van der Waals surface area contributed by atoms with E-state index in [1.54, 1.807) is 0 Å². The average Bonchev–Trinajstić information content (AvgIpc) is 2.46. The van der Waals surface area contributed by atoms with Crippen molar-refractivity contribution in [3.63, 3.8) is 0 Å². The zero-order chi connectivity index (χ0) is 13.7. The third-order valence-corrected chi connectivity index (χ3v) is 3.73. The number of anilines is 1. The summed E-state index contributed by atoms with van der Waals surface area (Å²) < 4.78 is 1.09. The van der Waals surface area contributed by atoms with Crippen LogP contribution in [-0.2, 0) is 13.1 Å². The number of nitrogens with zero attached hydrogens (tertiary/aromatic N) is 2. The van der Waals surface area contributed by atoms with Crippen molar-refractivity contribution in [3.05, 3.63) is 58.3 Å². The monoisotopic (exact) mass is 319 g/mol. The predicted octanol–water partition coefficient (Wildman–Crippen LogP) is 3.33. The number of nitrogens with two attached hydrogens (primary N) is 1. The number of benzene rings is 1. The fourth-order valence-electron chi connectivity index (χ4n) is 2.01. The summed E-state index contributed by atoms with van der Waals surface area (Å²) in [4.78, 5) is 6.37. The van der Waals surface area contributed by atoms with Crippen LogP contribution < -0.4 is 10.6 Å². The number of pyridine rings is 1. The van der Waals surface area contributed by atoms with Gasteiger partial charge in [0.25, 0.3) is 0 Å². The quantitative estimate of drug-likeness (QED) is 0.919. The van der Waals surface area contributed by atoms with Gasteiger partial charge in [-0.05, 0) is 58.2 Å². The summed E-state index contributed by atoms with van der Waals surface area (Å²) in [5.74, 6) is 0. The molecule has 1 aromatic carbocycles. The molecule has 2 aromatic rings. The molecule has 0 unspecified atom stereocenters. The normalized spacial score (nSPS) is 10.5. The third-order valence-electron chi connectivity index (χ3n) is 3.09. The van der Waals surface area contributed by atoms with E-state index in [2.05, 4.69) is 50.9 Å². The largest absolute Gasteiger partial charge is 0.367 e. The van der Waals surface area contributed by atoms with E-state index in [1.807, 2.05) is 24.5 Å². The number of rotatable bonds is 5. The van der Waals surface area contributed by atoms with Crippen LogP contribution in [0.2, 0.25) is 0 Å². The molecule has 0 aliphatic heterocycles. The first-order chi connectivity index (χ1) is 9.24. The van der Waals surface area contributed by atoms with Gasteiger partial charge in [-0.15, -0.1) is 0 Å². The second kappa shape index (κ2) is 6.68. The van der Waals surface area contributed by atoms with Crippen molar-refractivity contribution in [2.24, 2.45) is 5.73 Å². The lowest BCUT2D eigenvalue weighted by Gasteiger charge is -2.24. The number of hydrogen-bond donors (Lipinski definition) is 1. The highest BCUT2D eigenvalue weighted by molar-refractivity contribution is 9.10. The molecular weight excluding hydrogens is 302 g/mol. The van der Waals surface area contributed by atoms with Gasteiger partial charge in [-0.3, -0.25) is 4.98 Å². The van der Waals surface area contributed by atoms with Crippen LogP contribution in [0.15, 0.2) is 47.2 Å². The Balaban J connectivity index is 2.22. The van der Waals surface area contributed by atoms with Crippen LogP contribution in [0.5, 0.6) is 0 Å². The highest BCUT2D eigenvalue weighted by Gasteiger charge is 2.09. The van der Waals surface area contributed by atoms with E-state index in [-0.39, 0.29) is 0 Å². The first-order valence-corrected chi connectivity index (χ1v) is 7.16. The Kier molecular flexibility index (Phi) is 4.93. The molecule has 4 heteroatoms. The number of halogens is 1. The average molecular weight is 320 g/mol. The van der Waals surface area contributed by atoms with E-state index in [4.69, 9.17) is 5.73 Å². The van der Waals surface area contributed by atoms with Crippen molar-refractivity contribution < 1.29 is 0 Å². The van der Waals surface area contributed by atoms with Crippen molar-refractivity contribution in [3.8, 4) is 0 Å². The van der Waals surface area contributed by atoms with Gasteiger partial charge in [-0.1, -0.05) is 6.07 Å². The first-order valence-electron chi connectivity index (χ1n) is 6.37. The highest BCUT2D eigenvalue weighted by Crippen LogP contribution is 2.28. The molecule has 100 valence electrons. The molecule has 19 heavy (non-hydrogen) atoms. The van der Waals surface area contributed by atoms with Gasteiger partial charge in [0.15, 0.2) is 0 Å². The molecule has 1 aromatic heterocycles. The lowest BCUT2D eigenvalue weighted by atomic mass is 10.1. The van der Waals surface area contributed by atoms with Crippen molar-refractivity contribution in [2.45, 2.75) is 20.0 Å². The zero-order valence-electron chi connectivity index (χ0n) is 11.0. The summed E-state index contributed by atoms with van der Waals surface area (Å²) in [5.41, 5.74) is 9.24. The molecule has 0 aliphatic rings. The maximum Gasteiger partial charge on any atom is 0.0513 e. The fourth-order valence-corrected chi connectivity index (χ4v) is 2.69. The molecular formula is C15H18BrN3. The molecule has 0 fully saturated rings. The molecule has 0 bridgehead atoms. The Morgan fingerprint density at radius 1 is 1.16 bits per heavy atom. The van der Waals surface area contributed by atoms with Crippen molar-refractivity contribution in [1.29, 1.82) is 0 Å². The maximum atomic E-state index is 5.66. The van der Waals surface area contributed by atoms with Gasteiger partial charge in [0.2, 0.25) is 0 Å². The smallest absolute Gasteiger partial charge is 0.0513 e. The lowest BCUT2D eigenvalue weighted by molar-refractivity contribution is 0.827. The minimum atomic E-state index is 0.565. The van der Waals surface area contributed by atoms with Crippen LogP contribution >= 0.6 is 15.9 Å². The van der Waals surface area contributed by atoms with Crippen molar-refractivity contribution >= 4 is 21.6 Å². The Labute approximate surface area is 122 Å². The summed E-state index contributed by atoms with van der Waals surface area (Å²) in [6, 6.07) is 10.4. The molecule has 0 saturated carbocycles. The molecule has 2 rings (SSSR count). The third kappa shape index (κ3) is 3.55. The van der Waals surface area contributed by atoms with Gasteiger partial charge < -0.3 is 10.6 Å². The second-order valence-electron chi connectivity index (χ2n) is 4.36. The summed E-state index contributed by atoms with van der Waals surface area (Å²) in [6.45, 7) is 4.54. The van der Waals surface area contributed by atoms with Crippen LogP contribution in [0.25, 0.3) is 0 Å². The van der Waals surface area contributed by atoms with E-state index in [0.717, 1.165) is 23.1 Å². The van der Waals surface area contributed by atoms with Crippen LogP contribution in [0.4, 0.5) is 5.69 Å². The minimum absolute atomic E-state index is 0.565. The van der Waals surface area contributed by atoms with E-state index in [1.165, 1.54) is 11.3 Å². The standard InChI is InChI=1S/C15H18BrN3/c1-2-19(11-12-5-7-18-8-6-12)15-4-3-13(10-17)9-14(15)16/h3-9H,2,10-11,17H2,1H3. The molecule has 0 amide bonds. The molecule has 0 radical (unpaired) electrons. The number of hydrogen-bond acceptors (Lipinski definition) is 3. The van der Waals surface area contributed by atoms with Crippen molar-refractivity contribution in [1.82, 2.24) is 4.98 Å². The molecule has 2 N–H and O–H groups in total. The van der Waals surface area contributed by atoms with Gasteiger partial charge in [0, 0.05) is 36.5 Å². The SMILES string of the molecule is CCN(Cc1ccncc1)c1ccc(CN)cc1Br. The maximum absolute atomic E-state index is 5.66. The first kappa shape index (κ1) is 14.0. The molecule has 0 atom stereocenters. The fraction of sp³-hybridized carbons (Fsp3) is 0.267. The molecule has 0 aliphatic carbocycles. The van der Waals surface area contributed by atoms with Crippen LogP contribution in [0.1, 0.15) is 18.1 Å².